The smallest absolute Gasteiger partial charge is 0.369 e. The number of aromatic nitrogens is 2. The van der Waals surface area contributed by atoms with E-state index in [1.54, 1.807) is 0 Å². The Hall–Kier alpha value is -2.22. The lowest BCUT2D eigenvalue weighted by atomic mass is 10.0. The predicted molar refractivity (Wildman–Crippen MR) is 77.2 cm³/mol. The van der Waals surface area contributed by atoms with Gasteiger partial charge in [0.1, 0.15) is 5.82 Å². The molecule has 2 aromatic rings. The second kappa shape index (κ2) is 4.91. The molecular formula is C13H11ClF3N5. The van der Waals surface area contributed by atoms with Crippen LogP contribution in [0.25, 0.3) is 11.3 Å². The molecule has 1 aliphatic heterocycles. The highest BCUT2D eigenvalue weighted by Crippen LogP contribution is 2.39. The average Bonchev–Trinajstić information content (AvgIpc) is 2.99. The van der Waals surface area contributed by atoms with Gasteiger partial charge in [-0.2, -0.15) is 23.0 Å². The van der Waals surface area contributed by atoms with Gasteiger partial charge in [0.15, 0.2) is 0 Å². The van der Waals surface area contributed by atoms with Crippen molar-refractivity contribution in [2.24, 2.45) is 5.73 Å². The van der Waals surface area contributed by atoms with Gasteiger partial charge in [-0.25, -0.2) is 0 Å². The molecular weight excluding hydrogens is 319 g/mol. The van der Waals surface area contributed by atoms with Crippen LogP contribution in [0, 0.1) is 5.41 Å². The van der Waals surface area contributed by atoms with Crippen LogP contribution in [0.5, 0.6) is 0 Å². The lowest BCUT2D eigenvalue weighted by Crippen LogP contribution is -2.23. The Labute approximate surface area is 128 Å². The number of hydrogen-bond donors (Lipinski definition) is 3. The number of nitrogen functional groups attached to an aromatic ring is 1. The molecule has 1 aliphatic rings. The summed E-state index contributed by atoms with van der Waals surface area (Å²) in [6.45, 7) is 0.618. The number of rotatable bonds is 1. The summed E-state index contributed by atoms with van der Waals surface area (Å²) in [5, 5.41) is 14.3. The van der Waals surface area contributed by atoms with Gasteiger partial charge >= 0.3 is 6.18 Å². The van der Waals surface area contributed by atoms with Crippen LogP contribution in [0.2, 0.25) is 5.02 Å². The van der Waals surface area contributed by atoms with Crippen molar-refractivity contribution in [2.45, 2.75) is 12.6 Å². The maximum Gasteiger partial charge on any atom is 0.417 e. The quantitative estimate of drug-likeness (QED) is 0.556. The van der Waals surface area contributed by atoms with Crippen molar-refractivity contribution in [2.75, 3.05) is 11.9 Å². The number of hydrogen-bond acceptors (Lipinski definition) is 3. The first-order valence-electron chi connectivity index (χ1n) is 6.36. The molecule has 0 atom stereocenters. The Morgan fingerprint density at radius 3 is 2.77 bits per heavy atom. The number of nitrogens with zero attached hydrogens (tertiary/aromatic N) is 2. The lowest BCUT2D eigenvalue weighted by Gasteiger charge is -2.10. The fourth-order valence-corrected chi connectivity index (χ4v) is 2.70. The van der Waals surface area contributed by atoms with E-state index >= 15 is 0 Å². The fraction of sp³-hybridized carbons (Fsp3) is 0.231. The van der Waals surface area contributed by atoms with Crippen molar-refractivity contribution in [3.63, 3.8) is 0 Å². The molecule has 1 aromatic carbocycles. The summed E-state index contributed by atoms with van der Waals surface area (Å²) < 4.78 is 40.1. The van der Waals surface area contributed by atoms with Crippen molar-refractivity contribution in [3.8, 4) is 11.3 Å². The number of halogens is 4. The summed E-state index contributed by atoms with van der Waals surface area (Å²) in [5.41, 5.74) is 5.93. The monoisotopic (exact) mass is 329 g/mol. The number of benzene rings is 1. The maximum atomic E-state index is 13.0. The van der Waals surface area contributed by atoms with E-state index in [0.29, 0.717) is 24.5 Å². The summed E-state index contributed by atoms with van der Waals surface area (Å²) in [7, 11) is 0. The first kappa shape index (κ1) is 14.7. The molecule has 0 bridgehead atoms. The highest BCUT2D eigenvalue weighted by molar-refractivity contribution is 6.31. The number of anilines is 1. The zero-order valence-corrected chi connectivity index (χ0v) is 11.9. The van der Waals surface area contributed by atoms with E-state index in [1.165, 1.54) is 16.8 Å². The minimum absolute atomic E-state index is 0.289. The molecule has 0 saturated carbocycles. The lowest BCUT2D eigenvalue weighted by molar-refractivity contribution is -0.137. The normalized spacial score (nSPS) is 13.8. The molecule has 0 aliphatic carbocycles. The first-order chi connectivity index (χ1) is 10.3. The average molecular weight is 330 g/mol. The van der Waals surface area contributed by atoms with Crippen LogP contribution in [0.15, 0.2) is 18.2 Å². The molecule has 5 nitrogen and oxygen atoms in total. The van der Waals surface area contributed by atoms with Crippen molar-refractivity contribution in [1.82, 2.24) is 9.78 Å². The highest BCUT2D eigenvalue weighted by Gasteiger charge is 2.34. The van der Waals surface area contributed by atoms with E-state index in [1.807, 2.05) is 0 Å². The Bertz CT molecular complexity index is 766. The number of nitrogens with one attached hydrogen (secondary N) is 2. The number of nitrogens with two attached hydrogens (primary N) is 1. The Balaban J connectivity index is 2.17. The highest BCUT2D eigenvalue weighted by atomic mass is 35.5. The molecule has 0 saturated heterocycles. The van der Waals surface area contributed by atoms with Crippen molar-refractivity contribution >= 4 is 23.4 Å². The van der Waals surface area contributed by atoms with E-state index in [-0.39, 0.29) is 16.5 Å². The molecule has 1 aromatic heterocycles. The summed E-state index contributed by atoms with van der Waals surface area (Å²) in [5.74, 6) is 0.243. The van der Waals surface area contributed by atoms with Crippen molar-refractivity contribution in [3.05, 3.63) is 34.3 Å². The van der Waals surface area contributed by atoms with Gasteiger partial charge < -0.3 is 11.1 Å². The molecule has 0 amide bonds. The minimum Gasteiger partial charge on any atom is -0.369 e. The zero-order valence-electron chi connectivity index (χ0n) is 11.1. The van der Waals surface area contributed by atoms with E-state index < -0.39 is 11.7 Å². The summed E-state index contributed by atoms with van der Waals surface area (Å²) in [6, 6.07) is 3.64. The molecule has 3 rings (SSSR count). The molecule has 116 valence electrons. The predicted octanol–water partition coefficient (Wildman–Crippen LogP) is 2.93. The van der Waals surface area contributed by atoms with Gasteiger partial charge in [-0.05, 0) is 18.6 Å². The third-order valence-corrected chi connectivity index (χ3v) is 3.75. The summed E-state index contributed by atoms with van der Waals surface area (Å²) >= 11 is 5.63. The van der Waals surface area contributed by atoms with Gasteiger partial charge in [0.05, 0.1) is 16.3 Å². The van der Waals surface area contributed by atoms with Gasteiger partial charge in [-0.15, -0.1) is 0 Å². The van der Waals surface area contributed by atoms with E-state index in [0.717, 1.165) is 11.6 Å². The fourth-order valence-electron chi connectivity index (χ4n) is 2.47. The van der Waals surface area contributed by atoms with Crippen molar-refractivity contribution < 1.29 is 13.2 Å². The second-order valence-corrected chi connectivity index (χ2v) is 5.25. The van der Waals surface area contributed by atoms with Gasteiger partial charge in [-0.3, -0.25) is 5.41 Å². The molecule has 9 heteroatoms. The summed E-state index contributed by atoms with van der Waals surface area (Å²) in [4.78, 5) is 0. The van der Waals surface area contributed by atoms with Gasteiger partial charge in [0, 0.05) is 17.7 Å². The summed E-state index contributed by atoms with van der Waals surface area (Å²) in [6.07, 6.45) is -3.94. The van der Waals surface area contributed by atoms with Crippen molar-refractivity contribution in [1.29, 1.82) is 5.41 Å². The maximum absolute atomic E-state index is 13.0. The Morgan fingerprint density at radius 1 is 1.41 bits per heavy atom. The van der Waals surface area contributed by atoms with Crippen LogP contribution >= 0.6 is 11.6 Å². The number of alkyl halides is 3. The third kappa shape index (κ3) is 2.29. The number of fused-ring (bicyclic) bond motifs is 1. The minimum atomic E-state index is -4.54. The van der Waals surface area contributed by atoms with Gasteiger partial charge in [0.2, 0.25) is 5.96 Å². The molecule has 0 radical (unpaired) electrons. The van der Waals surface area contributed by atoms with E-state index in [9.17, 15) is 13.2 Å². The molecule has 0 fully saturated rings. The van der Waals surface area contributed by atoms with Crippen LogP contribution in [0.1, 0.15) is 11.1 Å². The molecule has 0 spiro atoms. The third-order valence-electron chi connectivity index (χ3n) is 3.42. The van der Waals surface area contributed by atoms with Gasteiger partial charge in [0.25, 0.3) is 0 Å². The molecule has 4 N–H and O–H groups in total. The molecule has 2 heterocycles. The largest absolute Gasteiger partial charge is 0.417 e. The Kier molecular flexibility index (Phi) is 3.28. The molecule has 0 unspecified atom stereocenters. The standard InChI is InChI=1S/C13H11ClF3N5/c14-9-2-1-6(5-8(9)13(15,16)17)10-7-3-4-20-11(7)22(21-10)12(18)19/h1-2,5,20H,3-4H2,(H3,18,19). The molecule has 22 heavy (non-hydrogen) atoms. The first-order valence-corrected chi connectivity index (χ1v) is 6.74. The van der Waals surface area contributed by atoms with Crippen LogP contribution in [-0.4, -0.2) is 22.3 Å². The zero-order chi connectivity index (χ0) is 16.1. The van der Waals surface area contributed by atoms with Crippen LogP contribution < -0.4 is 11.1 Å². The SMILES string of the molecule is N=C(N)n1nc(-c2ccc(Cl)c(C(F)(F)F)c2)c2c1NCC2. The van der Waals surface area contributed by atoms with E-state index in [4.69, 9.17) is 22.7 Å². The second-order valence-electron chi connectivity index (χ2n) is 4.84. The topological polar surface area (TPSA) is 79.7 Å². The van der Waals surface area contributed by atoms with E-state index in [2.05, 4.69) is 10.4 Å². The van der Waals surface area contributed by atoms with Crippen LogP contribution in [0.4, 0.5) is 19.0 Å². The Morgan fingerprint density at radius 2 is 2.14 bits per heavy atom. The van der Waals surface area contributed by atoms with Crippen LogP contribution in [-0.2, 0) is 12.6 Å². The van der Waals surface area contributed by atoms with Crippen LogP contribution in [0.3, 0.4) is 0 Å². The van der Waals surface area contributed by atoms with Gasteiger partial charge in [-0.1, -0.05) is 17.7 Å².